The first-order valence-electron chi connectivity index (χ1n) is 8.11. The first-order valence-corrected chi connectivity index (χ1v) is 9.59. The minimum Gasteiger partial charge on any atom is -0.497 e. The molecule has 0 spiro atoms. The Morgan fingerprint density at radius 3 is 2.32 bits per heavy atom. The monoisotopic (exact) mass is 361 g/mol. The second-order valence-electron chi connectivity index (χ2n) is 6.22. The molecule has 25 heavy (non-hydrogen) atoms. The van der Waals surface area contributed by atoms with Crippen molar-refractivity contribution in [2.75, 3.05) is 20.3 Å². The third kappa shape index (κ3) is 3.05. The van der Waals surface area contributed by atoms with Gasteiger partial charge in [0, 0.05) is 0 Å². The van der Waals surface area contributed by atoms with Crippen molar-refractivity contribution in [2.45, 2.75) is 23.3 Å². The smallest absolute Gasteiger partial charge is 0.241 e. The largest absolute Gasteiger partial charge is 0.497 e. The first kappa shape index (κ1) is 16.2. The molecular weight excluding hydrogens is 342 g/mol. The summed E-state index contributed by atoms with van der Waals surface area (Å²) in [5.41, 5.74) is 0.322. The van der Waals surface area contributed by atoms with Crippen molar-refractivity contribution < 1.29 is 22.6 Å². The second kappa shape index (κ2) is 5.93. The number of methoxy groups -OCH3 is 1. The van der Waals surface area contributed by atoms with Crippen LogP contribution in [0, 0.1) is 0 Å². The van der Waals surface area contributed by atoms with E-state index in [2.05, 4.69) is 4.72 Å². The number of ether oxygens (including phenoxy) is 3. The van der Waals surface area contributed by atoms with E-state index >= 15 is 0 Å². The highest BCUT2D eigenvalue weighted by molar-refractivity contribution is 7.89. The van der Waals surface area contributed by atoms with E-state index in [9.17, 15) is 8.42 Å². The van der Waals surface area contributed by atoms with Gasteiger partial charge in [0.1, 0.15) is 19.0 Å². The molecule has 6 nitrogen and oxygen atoms in total. The standard InChI is InChI=1S/C18H19NO5S/c1-22-14-3-5-15(6-4-14)25(20,21)19-18(8-9-18)13-2-7-16-17(12-13)24-11-10-23-16/h2-7,12,19H,8-11H2,1H3. The molecule has 0 bridgehead atoms. The first-order chi connectivity index (χ1) is 12.0. The normalized spacial score (nSPS) is 17.8. The Bertz CT molecular complexity index is 888. The van der Waals surface area contributed by atoms with Gasteiger partial charge >= 0.3 is 0 Å². The highest BCUT2D eigenvalue weighted by Gasteiger charge is 2.48. The summed E-state index contributed by atoms with van der Waals surface area (Å²) < 4.78 is 44.6. The van der Waals surface area contributed by atoms with Crippen molar-refractivity contribution in [3.63, 3.8) is 0 Å². The quantitative estimate of drug-likeness (QED) is 0.885. The van der Waals surface area contributed by atoms with Crippen LogP contribution in [0.25, 0.3) is 0 Å². The van der Waals surface area contributed by atoms with E-state index in [0.29, 0.717) is 30.5 Å². The number of nitrogens with one attached hydrogen (secondary N) is 1. The van der Waals surface area contributed by atoms with E-state index < -0.39 is 15.6 Å². The molecule has 0 unspecified atom stereocenters. The van der Waals surface area contributed by atoms with Crippen LogP contribution in [0.15, 0.2) is 47.4 Å². The van der Waals surface area contributed by atoms with Gasteiger partial charge in [-0.25, -0.2) is 13.1 Å². The molecule has 1 N–H and O–H groups in total. The van der Waals surface area contributed by atoms with Crippen LogP contribution in [0.5, 0.6) is 17.2 Å². The van der Waals surface area contributed by atoms with Gasteiger partial charge < -0.3 is 14.2 Å². The van der Waals surface area contributed by atoms with Gasteiger partial charge in [0.2, 0.25) is 10.0 Å². The Morgan fingerprint density at radius 1 is 1.00 bits per heavy atom. The van der Waals surface area contributed by atoms with Crippen molar-refractivity contribution in [1.82, 2.24) is 4.72 Å². The maximum absolute atomic E-state index is 12.7. The molecule has 0 aromatic heterocycles. The molecule has 2 aromatic carbocycles. The lowest BCUT2D eigenvalue weighted by molar-refractivity contribution is 0.171. The number of hydrogen-bond acceptors (Lipinski definition) is 5. The second-order valence-corrected chi connectivity index (χ2v) is 7.90. The summed E-state index contributed by atoms with van der Waals surface area (Å²) in [6.45, 7) is 1.03. The van der Waals surface area contributed by atoms with Crippen LogP contribution >= 0.6 is 0 Å². The van der Waals surface area contributed by atoms with Crippen LogP contribution in [0.1, 0.15) is 18.4 Å². The van der Waals surface area contributed by atoms with Gasteiger partial charge in [0.25, 0.3) is 0 Å². The Labute approximate surface area is 146 Å². The SMILES string of the molecule is COc1ccc(S(=O)(=O)NC2(c3ccc4c(c3)OCCO4)CC2)cc1. The molecule has 0 atom stereocenters. The Morgan fingerprint density at radius 2 is 1.68 bits per heavy atom. The summed E-state index contributed by atoms with van der Waals surface area (Å²) in [6.07, 6.45) is 1.50. The molecule has 0 radical (unpaired) electrons. The minimum absolute atomic E-state index is 0.220. The molecule has 1 fully saturated rings. The van der Waals surface area contributed by atoms with Crippen LogP contribution in [0.3, 0.4) is 0 Å². The van der Waals surface area contributed by atoms with Crippen molar-refractivity contribution in [2.24, 2.45) is 0 Å². The summed E-state index contributed by atoms with van der Waals surface area (Å²) in [7, 11) is -2.08. The van der Waals surface area contributed by atoms with Gasteiger partial charge in [-0.2, -0.15) is 0 Å². The predicted octanol–water partition coefficient (Wildman–Crippen LogP) is 2.43. The molecule has 1 saturated carbocycles. The number of benzene rings is 2. The van der Waals surface area contributed by atoms with Gasteiger partial charge in [-0.15, -0.1) is 0 Å². The zero-order valence-corrected chi connectivity index (χ0v) is 14.6. The highest BCUT2D eigenvalue weighted by Crippen LogP contribution is 2.48. The molecule has 2 aromatic rings. The highest BCUT2D eigenvalue weighted by atomic mass is 32.2. The van der Waals surface area contributed by atoms with Crippen molar-refractivity contribution in [1.29, 1.82) is 0 Å². The molecule has 1 heterocycles. The number of rotatable bonds is 5. The van der Waals surface area contributed by atoms with E-state index in [4.69, 9.17) is 14.2 Å². The summed E-state index contributed by atoms with van der Waals surface area (Å²) >= 11 is 0. The number of fused-ring (bicyclic) bond motifs is 1. The van der Waals surface area contributed by atoms with Crippen LogP contribution < -0.4 is 18.9 Å². The third-order valence-corrected chi connectivity index (χ3v) is 6.10. The minimum atomic E-state index is -3.63. The molecule has 2 aliphatic rings. The third-order valence-electron chi connectivity index (χ3n) is 4.54. The number of sulfonamides is 1. The fourth-order valence-corrected chi connectivity index (χ4v) is 4.44. The summed E-state index contributed by atoms with van der Waals surface area (Å²) in [6, 6.07) is 12.0. The van der Waals surface area contributed by atoms with Gasteiger partial charge in [-0.1, -0.05) is 6.07 Å². The van der Waals surface area contributed by atoms with E-state index in [-0.39, 0.29) is 4.90 Å². The lowest BCUT2D eigenvalue weighted by atomic mass is 10.1. The van der Waals surface area contributed by atoms with Crippen LogP contribution in [-0.4, -0.2) is 28.7 Å². The van der Waals surface area contributed by atoms with Gasteiger partial charge in [-0.3, -0.25) is 0 Å². The topological polar surface area (TPSA) is 73.9 Å². The maximum atomic E-state index is 12.7. The Balaban J connectivity index is 1.60. The molecule has 0 saturated heterocycles. The molecule has 1 aliphatic heterocycles. The van der Waals surface area contributed by atoms with Crippen LogP contribution in [0.2, 0.25) is 0 Å². The summed E-state index contributed by atoms with van der Waals surface area (Å²) in [5.74, 6) is 1.98. The lowest BCUT2D eigenvalue weighted by Gasteiger charge is -2.22. The average molecular weight is 361 g/mol. The molecule has 1 aliphatic carbocycles. The van der Waals surface area contributed by atoms with Gasteiger partial charge in [0.05, 0.1) is 17.5 Å². The van der Waals surface area contributed by atoms with Gasteiger partial charge in [-0.05, 0) is 54.8 Å². The molecule has 7 heteroatoms. The van der Waals surface area contributed by atoms with Crippen LogP contribution in [0.4, 0.5) is 0 Å². The predicted molar refractivity (Wildman–Crippen MR) is 91.7 cm³/mol. The molecule has 0 amide bonds. The summed E-state index contributed by atoms with van der Waals surface area (Å²) in [4.78, 5) is 0.220. The number of hydrogen-bond donors (Lipinski definition) is 1. The van der Waals surface area contributed by atoms with Crippen LogP contribution in [-0.2, 0) is 15.6 Å². The van der Waals surface area contributed by atoms with Crippen molar-refractivity contribution >= 4 is 10.0 Å². The fourth-order valence-electron chi connectivity index (χ4n) is 2.99. The van der Waals surface area contributed by atoms with Gasteiger partial charge in [0.15, 0.2) is 11.5 Å². The van der Waals surface area contributed by atoms with Crippen molar-refractivity contribution in [3.8, 4) is 17.2 Å². The van der Waals surface area contributed by atoms with E-state index in [1.165, 1.54) is 0 Å². The zero-order valence-electron chi connectivity index (χ0n) is 13.8. The van der Waals surface area contributed by atoms with E-state index in [1.807, 2.05) is 18.2 Å². The van der Waals surface area contributed by atoms with Crippen molar-refractivity contribution in [3.05, 3.63) is 48.0 Å². The summed E-state index contributed by atoms with van der Waals surface area (Å²) in [5, 5.41) is 0. The maximum Gasteiger partial charge on any atom is 0.241 e. The molecule has 4 rings (SSSR count). The average Bonchev–Trinajstić information content (AvgIpc) is 3.41. The lowest BCUT2D eigenvalue weighted by Crippen LogP contribution is -2.35. The Hall–Kier alpha value is -2.25. The molecule has 132 valence electrons. The fraction of sp³-hybridized carbons (Fsp3) is 0.333. The van der Waals surface area contributed by atoms with E-state index in [0.717, 1.165) is 18.4 Å². The zero-order chi connectivity index (χ0) is 17.5. The van der Waals surface area contributed by atoms with E-state index in [1.54, 1.807) is 31.4 Å². The molecular formula is C18H19NO5S. The Kier molecular flexibility index (Phi) is 3.85.